The third-order valence-electron chi connectivity index (χ3n) is 3.19. The van der Waals surface area contributed by atoms with E-state index in [1.807, 2.05) is 6.92 Å². The summed E-state index contributed by atoms with van der Waals surface area (Å²) in [5.74, 6) is 0.293. The molecule has 0 aliphatic rings. The van der Waals surface area contributed by atoms with E-state index in [9.17, 15) is 13.2 Å². The molecule has 0 bridgehead atoms. The van der Waals surface area contributed by atoms with Crippen molar-refractivity contribution in [3.05, 3.63) is 53.6 Å². The van der Waals surface area contributed by atoms with Gasteiger partial charge in [0.25, 0.3) is 5.91 Å². The first-order valence-electron chi connectivity index (χ1n) is 6.57. The summed E-state index contributed by atoms with van der Waals surface area (Å²) in [5.41, 5.74) is 1.79. The molecule has 116 valence electrons. The SMILES string of the molecule is COc1cc(C(=O)Nc2cccc(S(C)(=O)=O)c2)ccc1C. The first kappa shape index (κ1) is 16.0. The maximum Gasteiger partial charge on any atom is 0.255 e. The number of nitrogens with one attached hydrogen (secondary N) is 1. The number of amides is 1. The summed E-state index contributed by atoms with van der Waals surface area (Å²) in [7, 11) is -1.77. The number of rotatable bonds is 4. The Hall–Kier alpha value is -2.34. The lowest BCUT2D eigenvalue weighted by Gasteiger charge is -2.09. The highest BCUT2D eigenvalue weighted by Gasteiger charge is 2.11. The Morgan fingerprint density at radius 1 is 1.14 bits per heavy atom. The summed E-state index contributed by atoms with van der Waals surface area (Å²) in [4.78, 5) is 12.4. The van der Waals surface area contributed by atoms with Crippen LogP contribution in [0.1, 0.15) is 15.9 Å². The molecule has 0 fully saturated rings. The highest BCUT2D eigenvalue weighted by atomic mass is 32.2. The molecule has 0 aliphatic heterocycles. The van der Waals surface area contributed by atoms with Crippen LogP contribution in [0.3, 0.4) is 0 Å². The number of ether oxygens (including phenoxy) is 1. The molecule has 2 rings (SSSR count). The smallest absolute Gasteiger partial charge is 0.255 e. The Morgan fingerprint density at radius 2 is 1.86 bits per heavy atom. The summed E-state index contributed by atoms with van der Waals surface area (Å²) in [5, 5.41) is 2.68. The molecule has 2 aromatic rings. The molecule has 0 heterocycles. The molecular formula is C16H17NO4S. The number of carbonyl (C=O) groups is 1. The highest BCUT2D eigenvalue weighted by molar-refractivity contribution is 7.90. The number of methoxy groups -OCH3 is 1. The van der Waals surface area contributed by atoms with Crippen LogP contribution in [0.4, 0.5) is 5.69 Å². The molecule has 5 nitrogen and oxygen atoms in total. The van der Waals surface area contributed by atoms with E-state index in [2.05, 4.69) is 5.32 Å². The number of aryl methyl sites for hydroxylation is 1. The first-order chi connectivity index (χ1) is 10.3. The zero-order valence-corrected chi connectivity index (χ0v) is 13.4. The number of sulfone groups is 1. The predicted octanol–water partition coefficient (Wildman–Crippen LogP) is 2.66. The van der Waals surface area contributed by atoms with E-state index < -0.39 is 9.84 Å². The Kier molecular flexibility index (Phi) is 4.51. The number of anilines is 1. The maximum atomic E-state index is 12.2. The molecule has 0 aromatic heterocycles. The van der Waals surface area contributed by atoms with Crippen LogP contribution >= 0.6 is 0 Å². The maximum absolute atomic E-state index is 12.2. The molecule has 6 heteroatoms. The van der Waals surface area contributed by atoms with Gasteiger partial charge in [0.2, 0.25) is 0 Å². The van der Waals surface area contributed by atoms with Crippen LogP contribution in [0, 0.1) is 6.92 Å². The average Bonchev–Trinajstić information content (AvgIpc) is 2.47. The van der Waals surface area contributed by atoms with Gasteiger partial charge in [0.1, 0.15) is 5.75 Å². The third-order valence-corrected chi connectivity index (χ3v) is 4.30. The normalized spacial score (nSPS) is 11.0. The van der Waals surface area contributed by atoms with Gasteiger partial charge in [0.05, 0.1) is 12.0 Å². The van der Waals surface area contributed by atoms with Gasteiger partial charge in [-0.05, 0) is 42.8 Å². The van der Waals surface area contributed by atoms with Crippen molar-refractivity contribution >= 4 is 21.4 Å². The lowest BCUT2D eigenvalue weighted by Crippen LogP contribution is -2.12. The van der Waals surface area contributed by atoms with Gasteiger partial charge in [0, 0.05) is 17.5 Å². The van der Waals surface area contributed by atoms with Crippen LogP contribution in [0.15, 0.2) is 47.4 Å². The molecule has 1 N–H and O–H groups in total. The van der Waals surface area contributed by atoms with Gasteiger partial charge in [-0.25, -0.2) is 8.42 Å². The van der Waals surface area contributed by atoms with E-state index in [4.69, 9.17) is 4.74 Å². The van der Waals surface area contributed by atoms with E-state index in [1.54, 1.807) is 37.4 Å². The zero-order chi connectivity index (χ0) is 16.3. The standard InChI is InChI=1S/C16H17NO4S/c1-11-7-8-12(9-15(11)21-2)16(18)17-13-5-4-6-14(10-13)22(3,19)20/h4-10H,1-3H3,(H,17,18). The summed E-state index contributed by atoms with van der Waals surface area (Å²) in [6.07, 6.45) is 1.12. The van der Waals surface area contributed by atoms with Crippen LogP contribution in [0.25, 0.3) is 0 Å². The van der Waals surface area contributed by atoms with Crippen LogP contribution in [-0.4, -0.2) is 27.7 Å². The second-order valence-corrected chi connectivity index (χ2v) is 6.95. The summed E-state index contributed by atoms with van der Waals surface area (Å²) in [6, 6.07) is 11.3. The zero-order valence-electron chi connectivity index (χ0n) is 12.6. The van der Waals surface area contributed by atoms with Crippen molar-refractivity contribution < 1.29 is 17.9 Å². The van der Waals surface area contributed by atoms with Crippen molar-refractivity contribution in [1.82, 2.24) is 0 Å². The van der Waals surface area contributed by atoms with E-state index in [1.165, 1.54) is 12.1 Å². The van der Waals surface area contributed by atoms with Crippen molar-refractivity contribution in [2.45, 2.75) is 11.8 Å². The fourth-order valence-corrected chi connectivity index (χ4v) is 2.64. The number of hydrogen-bond acceptors (Lipinski definition) is 4. The average molecular weight is 319 g/mol. The lowest BCUT2D eigenvalue weighted by atomic mass is 10.1. The van der Waals surface area contributed by atoms with Crippen molar-refractivity contribution in [2.75, 3.05) is 18.7 Å². The summed E-state index contributed by atoms with van der Waals surface area (Å²) < 4.78 is 28.3. The monoisotopic (exact) mass is 319 g/mol. The molecule has 22 heavy (non-hydrogen) atoms. The molecule has 0 aliphatic carbocycles. The Morgan fingerprint density at radius 3 is 2.50 bits per heavy atom. The van der Waals surface area contributed by atoms with Gasteiger partial charge in [-0.2, -0.15) is 0 Å². The second-order valence-electron chi connectivity index (χ2n) is 4.94. The van der Waals surface area contributed by atoms with Crippen LogP contribution < -0.4 is 10.1 Å². The quantitative estimate of drug-likeness (QED) is 0.940. The van der Waals surface area contributed by atoms with Gasteiger partial charge in [-0.1, -0.05) is 12.1 Å². The van der Waals surface area contributed by atoms with Crippen molar-refractivity contribution in [3.8, 4) is 5.75 Å². The molecule has 0 saturated heterocycles. The van der Waals surface area contributed by atoms with E-state index in [-0.39, 0.29) is 10.8 Å². The molecule has 0 atom stereocenters. The number of benzene rings is 2. The predicted molar refractivity (Wildman–Crippen MR) is 85.2 cm³/mol. The van der Waals surface area contributed by atoms with Gasteiger partial charge in [-0.3, -0.25) is 4.79 Å². The summed E-state index contributed by atoms with van der Waals surface area (Å²) >= 11 is 0. The molecule has 0 unspecified atom stereocenters. The molecule has 2 aromatic carbocycles. The van der Waals surface area contributed by atoms with Crippen molar-refractivity contribution in [2.24, 2.45) is 0 Å². The Bertz CT molecular complexity index is 813. The second kappa shape index (κ2) is 6.19. The van der Waals surface area contributed by atoms with E-state index in [0.29, 0.717) is 17.0 Å². The Labute approximate surface area is 129 Å². The number of carbonyl (C=O) groups excluding carboxylic acids is 1. The van der Waals surface area contributed by atoms with E-state index in [0.717, 1.165) is 11.8 Å². The van der Waals surface area contributed by atoms with Crippen molar-refractivity contribution in [3.63, 3.8) is 0 Å². The highest BCUT2D eigenvalue weighted by Crippen LogP contribution is 2.21. The fraction of sp³-hybridized carbons (Fsp3) is 0.188. The molecule has 0 spiro atoms. The minimum Gasteiger partial charge on any atom is -0.496 e. The number of hydrogen-bond donors (Lipinski definition) is 1. The lowest BCUT2D eigenvalue weighted by molar-refractivity contribution is 0.102. The molecule has 1 amide bonds. The minimum absolute atomic E-state index is 0.159. The van der Waals surface area contributed by atoms with E-state index >= 15 is 0 Å². The van der Waals surface area contributed by atoms with Gasteiger partial charge < -0.3 is 10.1 Å². The summed E-state index contributed by atoms with van der Waals surface area (Å²) in [6.45, 7) is 1.89. The fourth-order valence-electron chi connectivity index (χ4n) is 1.97. The Balaban J connectivity index is 2.26. The molecule has 0 saturated carbocycles. The van der Waals surface area contributed by atoms with Crippen LogP contribution in [-0.2, 0) is 9.84 Å². The van der Waals surface area contributed by atoms with Gasteiger partial charge in [0.15, 0.2) is 9.84 Å². The largest absolute Gasteiger partial charge is 0.496 e. The first-order valence-corrected chi connectivity index (χ1v) is 8.46. The van der Waals surface area contributed by atoms with Crippen LogP contribution in [0.2, 0.25) is 0 Å². The molecule has 0 radical (unpaired) electrons. The topological polar surface area (TPSA) is 72.5 Å². The van der Waals surface area contributed by atoms with Crippen LogP contribution in [0.5, 0.6) is 5.75 Å². The third kappa shape index (κ3) is 3.65. The minimum atomic E-state index is -3.31. The van der Waals surface area contributed by atoms with Crippen molar-refractivity contribution in [1.29, 1.82) is 0 Å². The molecular weight excluding hydrogens is 302 g/mol. The van der Waals surface area contributed by atoms with Gasteiger partial charge in [-0.15, -0.1) is 0 Å². The van der Waals surface area contributed by atoms with Gasteiger partial charge >= 0.3 is 0 Å².